The number of hydrogen-bond donors (Lipinski definition) is 0. The van der Waals surface area contributed by atoms with E-state index in [2.05, 4.69) is 0 Å². The number of hydrogen-bond acceptors (Lipinski definition) is 1. The number of halogens is 1. The fraction of sp³-hybridized carbons (Fsp3) is 0.133. The van der Waals surface area contributed by atoms with Gasteiger partial charge >= 0.3 is 0 Å². The lowest BCUT2D eigenvalue weighted by Gasteiger charge is -2.17. The number of anilines is 1. The Bertz CT molecular complexity index is 609. The topological polar surface area (TPSA) is 20.3 Å². The molecule has 0 bridgehead atoms. The maximum atomic E-state index is 12.0. The average Bonchev–Trinajstić information content (AvgIpc) is 2.66. The van der Waals surface area contributed by atoms with Crippen molar-refractivity contribution in [3.63, 3.8) is 0 Å². The minimum Gasteiger partial charge on any atom is -0.307 e. The number of carbonyl (C=O) groups is 1. The fourth-order valence-electron chi connectivity index (χ4n) is 2.31. The SMILES string of the molecule is O=C1Cc2ccccc2N1Cc1cccc(Cl)c1. The van der Waals surface area contributed by atoms with E-state index >= 15 is 0 Å². The largest absolute Gasteiger partial charge is 0.307 e. The standard InChI is InChI=1S/C15H12ClNO/c16-13-6-3-4-11(8-13)10-17-14-7-2-1-5-12(14)9-15(17)18/h1-8H,9-10H2. The summed E-state index contributed by atoms with van der Waals surface area (Å²) in [5.41, 5.74) is 3.17. The molecule has 3 rings (SSSR count). The maximum absolute atomic E-state index is 12.0. The van der Waals surface area contributed by atoms with Crippen LogP contribution in [-0.4, -0.2) is 5.91 Å². The summed E-state index contributed by atoms with van der Waals surface area (Å²) >= 11 is 5.96. The number of carbonyl (C=O) groups excluding carboxylic acids is 1. The monoisotopic (exact) mass is 257 g/mol. The molecule has 0 saturated carbocycles. The third-order valence-electron chi connectivity index (χ3n) is 3.15. The molecule has 18 heavy (non-hydrogen) atoms. The molecular weight excluding hydrogens is 246 g/mol. The molecule has 2 aromatic carbocycles. The molecule has 0 saturated heterocycles. The summed E-state index contributed by atoms with van der Waals surface area (Å²) in [7, 11) is 0. The lowest BCUT2D eigenvalue weighted by molar-refractivity contribution is -0.117. The second-order valence-corrected chi connectivity index (χ2v) is 4.85. The van der Waals surface area contributed by atoms with Crippen molar-refractivity contribution in [3.05, 3.63) is 64.7 Å². The van der Waals surface area contributed by atoms with E-state index in [0.29, 0.717) is 18.0 Å². The average molecular weight is 258 g/mol. The Morgan fingerprint density at radius 3 is 2.78 bits per heavy atom. The van der Waals surface area contributed by atoms with Crippen LogP contribution in [0.15, 0.2) is 48.5 Å². The van der Waals surface area contributed by atoms with Crippen LogP contribution in [0.1, 0.15) is 11.1 Å². The molecule has 1 amide bonds. The first-order chi connectivity index (χ1) is 8.74. The lowest BCUT2D eigenvalue weighted by atomic mass is 10.1. The molecule has 0 aliphatic carbocycles. The predicted octanol–water partition coefficient (Wildman–Crippen LogP) is 3.43. The highest BCUT2D eigenvalue weighted by Gasteiger charge is 2.26. The molecule has 0 fully saturated rings. The number of fused-ring (bicyclic) bond motifs is 1. The zero-order chi connectivity index (χ0) is 12.5. The van der Waals surface area contributed by atoms with Crippen LogP contribution in [0.2, 0.25) is 5.02 Å². The first-order valence-corrected chi connectivity index (χ1v) is 6.24. The number of rotatable bonds is 2. The third kappa shape index (κ3) is 2.00. The van der Waals surface area contributed by atoms with Gasteiger partial charge in [-0.25, -0.2) is 0 Å². The summed E-state index contributed by atoms with van der Waals surface area (Å²) in [6, 6.07) is 15.6. The van der Waals surface area contributed by atoms with Gasteiger partial charge in [0.1, 0.15) is 0 Å². The summed E-state index contributed by atoms with van der Waals surface area (Å²) in [4.78, 5) is 13.8. The van der Waals surface area contributed by atoms with Gasteiger partial charge in [-0.15, -0.1) is 0 Å². The Morgan fingerprint density at radius 2 is 1.94 bits per heavy atom. The van der Waals surface area contributed by atoms with Crippen LogP contribution >= 0.6 is 11.6 Å². The van der Waals surface area contributed by atoms with Crippen molar-refractivity contribution in [2.24, 2.45) is 0 Å². The van der Waals surface area contributed by atoms with Crippen LogP contribution in [0.4, 0.5) is 5.69 Å². The number of para-hydroxylation sites is 1. The van der Waals surface area contributed by atoms with E-state index in [-0.39, 0.29) is 5.91 Å². The Morgan fingerprint density at radius 1 is 1.11 bits per heavy atom. The highest BCUT2D eigenvalue weighted by Crippen LogP contribution is 2.30. The van der Waals surface area contributed by atoms with E-state index in [9.17, 15) is 4.79 Å². The van der Waals surface area contributed by atoms with E-state index in [4.69, 9.17) is 11.6 Å². The molecule has 0 unspecified atom stereocenters. The van der Waals surface area contributed by atoms with Gasteiger partial charge < -0.3 is 4.90 Å². The minimum atomic E-state index is 0.149. The van der Waals surface area contributed by atoms with E-state index in [1.807, 2.05) is 53.4 Å². The minimum absolute atomic E-state index is 0.149. The second-order valence-electron chi connectivity index (χ2n) is 4.42. The zero-order valence-electron chi connectivity index (χ0n) is 9.77. The Labute approximate surface area is 111 Å². The van der Waals surface area contributed by atoms with Crippen LogP contribution in [-0.2, 0) is 17.8 Å². The molecule has 1 aliphatic heterocycles. The molecular formula is C15H12ClNO. The first kappa shape index (κ1) is 11.3. The highest BCUT2D eigenvalue weighted by molar-refractivity contribution is 6.30. The highest BCUT2D eigenvalue weighted by atomic mass is 35.5. The molecule has 0 spiro atoms. The van der Waals surface area contributed by atoms with Gasteiger partial charge in [-0.05, 0) is 29.3 Å². The van der Waals surface area contributed by atoms with Crippen molar-refractivity contribution in [2.75, 3.05) is 4.90 Å². The van der Waals surface area contributed by atoms with Gasteiger partial charge in [0, 0.05) is 10.7 Å². The summed E-state index contributed by atoms with van der Waals surface area (Å²) in [6.45, 7) is 0.580. The fourth-order valence-corrected chi connectivity index (χ4v) is 2.52. The van der Waals surface area contributed by atoms with Crippen molar-refractivity contribution in [1.82, 2.24) is 0 Å². The Hall–Kier alpha value is -1.80. The molecule has 0 aromatic heterocycles. The van der Waals surface area contributed by atoms with Crippen molar-refractivity contribution in [2.45, 2.75) is 13.0 Å². The van der Waals surface area contributed by atoms with Crippen molar-refractivity contribution >= 4 is 23.2 Å². The molecule has 0 atom stereocenters. The smallest absolute Gasteiger partial charge is 0.231 e. The number of benzene rings is 2. The van der Waals surface area contributed by atoms with Crippen LogP contribution in [0, 0.1) is 0 Å². The number of amides is 1. The second kappa shape index (κ2) is 4.46. The van der Waals surface area contributed by atoms with Gasteiger partial charge in [0.05, 0.1) is 13.0 Å². The van der Waals surface area contributed by atoms with Crippen molar-refractivity contribution < 1.29 is 4.79 Å². The van der Waals surface area contributed by atoms with E-state index < -0.39 is 0 Å². The van der Waals surface area contributed by atoms with Gasteiger partial charge in [0.25, 0.3) is 0 Å². The normalized spacial score (nSPS) is 13.8. The molecule has 0 N–H and O–H groups in total. The maximum Gasteiger partial charge on any atom is 0.231 e. The molecule has 1 aliphatic rings. The van der Waals surface area contributed by atoms with Crippen LogP contribution in [0.25, 0.3) is 0 Å². The van der Waals surface area contributed by atoms with Gasteiger partial charge in [-0.1, -0.05) is 41.9 Å². The first-order valence-electron chi connectivity index (χ1n) is 5.87. The molecule has 3 heteroatoms. The molecule has 2 aromatic rings. The van der Waals surface area contributed by atoms with Crippen molar-refractivity contribution in [3.8, 4) is 0 Å². The zero-order valence-corrected chi connectivity index (χ0v) is 10.5. The van der Waals surface area contributed by atoms with E-state index in [1.165, 1.54) is 0 Å². The van der Waals surface area contributed by atoms with E-state index in [1.54, 1.807) is 0 Å². The van der Waals surface area contributed by atoms with E-state index in [0.717, 1.165) is 16.8 Å². The summed E-state index contributed by atoms with van der Waals surface area (Å²) in [6.07, 6.45) is 0.497. The van der Waals surface area contributed by atoms with Crippen LogP contribution in [0.5, 0.6) is 0 Å². The van der Waals surface area contributed by atoms with Gasteiger partial charge in [-0.2, -0.15) is 0 Å². The molecule has 0 radical (unpaired) electrons. The van der Waals surface area contributed by atoms with Crippen molar-refractivity contribution in [1.29, 1.82) is 0 Å². The number of nitrogens with zero attached hydrogens (tertiary/aromatic N) is 1. The molecule has 2 nitrogen and oxygen atoms in total. The third-order valence-corrected chi connectivity index (χ3v) is 3.39. The van der Waals surface area contributed by atoms with Gasteiger partial charge in [0.15, 0.2) is 0 Å². The molecule has 90 valence electrons. The summed E-state index contributed by atoms with van der Waals surface area (Å²) < 4.78 is 0. The quantitative estimate of drug-likeness (QED) is 0.807. The molecule has 1 heterocycles. The van der Waals surface area contributed by atoms with Crippen LogP contribution in [0.3, 0.4) is 0 Å². The van der Waals surface area contributed by atoms with Gasteiger partial charge in [-0.3, -0.25) is 4.79 Å². The summed E-state index contributed by atoms with van der Waals surface area (Å²) in [5, 5.41) is 0.701. The lowest BCUT2D eigenvalue weighted by Crippen LogP contribution is -2.25. The Kier molecular flexibility index (Phi) is 2.80. The van der Waals surface area contributed by atoms with Gasteiger partial charge in [0.2, 0.25) is 5.91 Å². The predicted molar refractivity (Wildman–Crippen MR) is 72.8 cm³/mol. The van der Waals surface area contributed by atoms with Crippen LogP contribution < -0.4 is 4.90 Å². The Balaban J connectivity index is 1.91. The summed E-state index contributed by atoms with van der Waals surface area (Å²) in [5.74, 6) is 0.149.